The van der Waals surface area contributed by atoms with E-state index < -0.39 is 23.3 Å². The predicted molar refractivity (Wildman–Crippen MR) is 111 cm³/mol. The maximum Gasteiger partial charge on any atom is 0.434 e. The molecule has 1 aromatic heterocycles. The molecule has 0 radical (unpaired) electrons. The van der Waals surface area contributed by atoms with Gasteiger partial charge in [0, 0.05) is 11.6 Å². The number of benzene rings is 2. The Morgan fingerprint density at radius 1 is 1.16 bits per heavy atom. The van der Waals surface area contributed by atoms with Gasteiger partial charge in [0.25, 0.3) is 5.91 Å². The highest BCUT2D eigenvalue weighted by Crippen LogP contribution is 2.33. The van der Waals surface area contributed by atoms with Crippen molar-refractivity contribution >= 4 is 17.5 Å². The summed E-state index contributed by atoms with van der Waals surface area (Å²) in [5.74, 6) is -0.864. The highest BCUT2D eigenvalue weighted by atomic mass is 35.5. The molecule has 0 saturated carbocycles. The van der Waals surface area contributed by atoms with E-state index in [0.717, 1.165) is 17.3 Å². The zero-order valence-electron chi connectivity index (χ0n) is 16.9. The van der Waals surface area contributed by atoms with Gasteiger partial charge in [-0.1, -0.05) is 35.9 Å². The zero-order valence-corrected chi connectivity index (χ0v) is 17.7. The van der Waals surface area contributed by atoms with Crippen LogP contribution in [0.15, 0.2) is 54.7 Å². The van der Waals surface area contributed by atoms with Crippen LogP contribution in [0.2, 0.25) is 5.02 Å². The van der Waals surface area contributed by atoms with E-state index in [1.165, 1.54) is 24.3 Å². The number of ether oxygens (including phenoxy) is 1. The minimum Gasteiger partial charge on any atom is -0.374 e. The highest BCUT2D eigenvalue weighted by molar-refractivity contribution is 6.30. The minimum absolute atomic E-state index is 0.0672. The van der Waals surface area contributed by atoms with E-state index in [9.17, 15) is 18.0 Å². The van der Waals surface area contributed by atoms with Gasteiger partial charge in [0.05, 0.1) is 30.2 Å². The Bertz CT molecular complexity index is 1050. The Balaban J connectivity index is 1.79. The fourth-order valence-electron chi connectivity index (χ4n) is 2.94. The fourth-order valence-corrected chi connectivity index (χ4v) is 3.06. The third-order valence-electron chi connectivity index (χ3n) is 4.38. The van der Waals surface area contributed by atoms with Crippen LogP contribution in [-0.4, -0.2) is 21.8 Å². The Kier molecular flexibility index (Phi) is 7.02. The van der Waals surface area contributed by atoms with Gasteiger partial charge < -0.3 is 10.1 Å². The second-order valence-electron chi connectivity index (χ2n) is 7.16. The lowest BCUT2D eigenvalue weighted by atomic mass is 10.1. The van der Waals surface area contributed by atoms with Crippen LogP contribution in [0.4, 0.5) is 13.2 Å². The molecule has 0 atom stereocenters. The summed E-state index contributed by atoms with van der Waals surface area (Å²) >= 11 is 5.81. The maximum atomic E-state index is 13.8. The topological polar surface area (TPSA) is 56.1 Å². The van der Waals surface area contributed by atoms with Gasteiger partial charge in [-0.3, -0.25) is 4.79 Å². The van der Waals surface area contributed by atoms with Gasteiger partial charge in [-0.2, -0.15) is 18.3 Å². The Morgan fingerprint density at radius 3 is 2.48 bits per heavy atom. The van der Waals surface area contributed by atoms with Gasteiger partial charge in [0.15, 0.2) is 5.69 Å². The van der Waals surface area contributed by atoms with Gasteiger partial charge in [0.2, 0.25) is 0 Å². The summed E-state index contributed by atoms with van der Waals surface area (Å²) in [4.78, 5) is 12.6. The van der Waals surface area contributed by atoms with Crippen LogP contribution in [0.5, 0.6) is 0 Å². The molecule has 5 nitrogen and oxygen atoms in total. The van der Waals surface area contributed by atoms with Crippen LogP contribution >= 0.6 is 11.6 Å². The molecule has 0 fully saturated rings. The van der Waals surface area contributed by atoms with E-state index in [2.05, 4.69) is 10.4 Å². The molecule has 3 rings (SSSR count). The lowest BCUT2D eigenvalue weighted by Gasteiger charge is -2.13. The van der Waals surface area contributed by atoms with Crippen molar-refractivity contribution < 1.29 is 22.7 Å². The Morgan fingerprint density at radius 2 is 1.84 bits per heavy atom. The van der Waals surface area contributed by atoms with E-state index in [1.807, 2.05) is 26.0 Å². The summed E-state index contributed by atoms with van der Waals surface area (Å²) in [5.41, 5.74) is 0.102. The first-order valence-electron chi connectivity index (χ1n) is 9.54. The lowest BCUT2D eigenvalue weighted by Crippen LogP contribution is -2.26. The molecule has 2 aromatic carbocycles. The number of carbonyl (C=O) groups is 1. The monoisotopic (exact) mass is 451 g/mol. The van der Waals surface area contributed by atoms with Crippen molar-refractivity contribution in [2.75, 3.05) is 0 Å². The lowest BCUT2D eigenvalue weighted by molar-refractivity contribution is -0.143. The van der Waals surface area contributed by atoms with Crippen LogP contribution in [0.3, 0.4) is 0 Å². The number of hydrogen-bond donors (Lipinski definition) is 1. The van der Waals surface area contributed by atoms with Gasteiger partial charge in [-0.05, 0) is 49.2 Å². The smallest absolute Gasteiger partial charge is 0.374 e. The van der Waals surface area contributed by atoms with Crippen molar-refractivity contribution in [3.05, 3.63) is 82.1 Å². The molecule has 0 saturated heterocycles. The molecule has 3 aromatic rings. The molecule has 0 bridgehead atoms. The molecular formula is C22H21ClF3N3O2. The van der Waals surface area contributed by atoms with E-state index >= 15 is 0 Å². The molecule has 0 aliphatic rings. The molecule has 0 unspecified atom stereocenters. The van der Waals surface area contributed by atoms with Crippen molar-refractivity contribution in [3.63, 3.8) is 0 Å². The molecule has 164 valence electrons. The van der Waals surface area contributed by atoms with Crippen LogP contribution in [-0.2, 0) is 24.1 Å². The second kappa shape index (κ2) is 9.53. The number of amides is 1. The summed E-state index contributed by atoms with van der Waals surface area (Å²) in [6.45, 7) is 4.32. The number of carbonyl (C=O) groups excluding carboxylic acids is 1. The first-order valence-corrected chi connectivity index (χ1v) is 9.91. The van der Waals surface area contributed by atoms with Gasteiger partial charge >= 0.3 is 6.18 Å². The van der Waals surface area contributed by atoms with Gasteiger partial charge in [0.1, 0.15) is 0 Å². The number of nitrogens with one attached hydrogen (secondary N) is 1. The number of rotatable bonds is 7. The van der Waals surface area contributed by atoms with Crippen LogP contribution < -0.4 is 5.32 Å². The molecule has 1 N–H and O–H groups in total. The number of aromatic nitrogens is 2. The van der Waals surface area contributed by atoms with Crippen molar-refractivity contribution in [1.82, 2.24) is 15.1 Å². The van der Waals surface area contributed by atoms with Crippen molar-refractivity contribution in [2.45, 2.75) is 39.3 Å². The molecule has 0 aliphatic carbocycles. The zero-order chi connectivity index (χ0) is 22.6. The Labute approximate surface area is 182 Å². The number of nitrogens with zero attached hydrogens (tertiary/aromatic N) is 2. The van der Waals surface area contributed by atoms with Crippen LogP contribution in [0, 0.1) is 0 Å². The minimum atomic E-state index is -4.78. The molecule has 0 spiro atoms. The number of alkyl halides is 3. The molecule has 1 amide bonds. The summed E-state index contributed by atoms with van der Waals surface area (Å²) in [7, 11) is 0. The fraction of sp³-hybridized carbons (Fsp3) is 0.273. The number of hydrogen-bond acceptors (Lipinski definition) is 3. The van der Waals surface area contributed by atoms with Gasteiger partial charge in [-0.15, -0.1) is 0 Å². The Hall–Kier alpha value is -2.84. The summed E-state index contributed by atoms with van der Waals surface area (Å²) < 4.78 is 47.5. The van der Waals surface area contributed by atoms with E-state index in [0.29, 0.717) is 16.3 Å². The standard InChI is InChI=1S/C22H21ClF3N3O2/c1-14(2)31-13-16-5-3-4-15(10-16)11-27-21(30)19-12-28-29(20(19)22(24,25)26)18-8-6-17(23)7-9-18/h3-10,12,14H,11,13H2,1-2H3,(H,27,30). The summed E-state index contributed by atoms with van der Waals surface area (Å²) in [6.07, 6.45) is -3.79. The van der Waals surface area contributed by atoms with Crippen molar-refractivity contribution in [3.8, 4) is 5.69 Å². The van der Waals surface area contributed by atoms with Crippen molar-refractivity contribution in [1.29, 1.82) is 0 Å². The van der Waals surface area contributed by atoms with E-state index in [1.54, 1.807) is 12.1 Å². The molecule has 9 heteroatoms. The number of halogens is 4. The van der Waals surface area contributed by atoms with E-state index in [-0.39, 0.29) is 18.3 Å². The quantitative estimate of drug-likeness (QED) is 0.523. The highest BCUT2D eigenvalue weighted by Gasteiger charge is 2.40. The average Bonchev–Trinajstić information content (AvgIpc) is 3.17. The second-order valence-corrected chi connectivity index (χ2v) is 7.59. The first-order chi connectivity index (χ1) is 14.6. The largest absolute Gasteiger partial charge is 0.434 e. The SMILES string of the molecule is CC(C)OCc1cccc(CNC(=O)c2cnn(-c3ccc(Cl)cc3)c2C(F)(F)F)c1. The molecule has 31 heavy (non-hydrogen) atoms. The third-order valence-corrected chi connectivity index (χ3v) is 4.63. The van der Waals surface area contributed by atoms with Gasteiger partial charge in [-0.25, -0.2) is 4.68 Å². The summed E-state index contributed by atoms with van der Waals surface area (Å²) in [6, 6.07) is 13.0. The normalized spacial score (nSPS) is 11.7. The van der Waals surface area contributed by atoms with Crippen molar-refractivity contribution in [2.24, 2.45) is 0 Å². The van der Waals surface area contributed by atoms with Crippen LogP contribution in [0.25, 0.3) is 5.69 Å². The molecule has 0 aliphatic heterocycles. The first kappa shape index (κ1) is 22.8. The average molecular weight is 452 g/mol. The molecule has 1 heterocycles. The third kappa shape index (κ3) is 5.86. The van der Waals surface area contributed by atoms with E-state index in [4.69, 9.17) is 16.3 Å². The van der Waals surface area contributed by atoms with Crippen LogP contribution in [0.1, 0.15) is 41.0 Å². The molecular weight excluding hydrogens is 431 g/mol. The predicted octanol–water partition coefficient (Wildman–Crippen LogP) is 5.40. The summed E-state index contributed by atoms with van der Waals surface area (Å²) in [5, 5.41) is 6.71. The maximum absolute atomic E-state index is 13.8.